The second-order valence-electron chi connectivity index (χ2n) is 2.15. The minimum Gasteiger partial charge on any atom is -0.389 e. The number of ether oxygens (including phenoxy) is 1. The monoisotopic (exact) mass is 202 g/mol. The summed E-state index contributed by atoms with van der Waals surface area (Å²) < 4.78 is 4.87. The first-order valence-electron chi connectivity index (χ1n) is 3.26. The zero-order valence-electron chi connectivity index (χ0n) is 6.04. The minimum atomic E-state index is -0.667. The largest absolute Gasteiger partial charge is 0.389 e. The average molecular weight is 203 g/mol. The quantitative estimate of drug-likeness (QED) is 0.606. The Morgan fingerprint density at radius 2 is 1.36 bits per heavy atom. The van der Waals surface area contributed by atoms with E-state index in [1.807, 2.05) is 0 Å². The smallest absolute Gasteiger partial charge is 0.0908 e. The highest BCUT2D eigenvalue weighted by atomic mass is 35.5. The van der Waals surface area contributed by atoms with E-state index in [2.05, 4.69) is 0 Å². The average Bonchev–Trinajstić information content (AvgIpc) is 2.04. The number of aliphatic hydroxyl groups excluding tert-OH is 2. The van der Waals surface area contributed by atoms with Gasteiger partial charge in [-0.05, 0) is 0 Å². The second kappa shape index (κ2) is 7.13. The fraction of sp³-hybridized carbons (Fsp3) is 1.00. The Bertz CT molecular complexity index is 81.9. The summed E-state index contributed by atoms with van der Waals surface area (Å²) in [5.41, 5.74) is 0. The van der Waals surface area contributed by atoms with Crippen molar-refractivity contribution in [3.63, 3.8) is 0 Å². The molecule has 2 atom stereocenters. The molecule has 3 nitrogen and oxygen atoms in total. The van der Waals surface area contributed by atoms with Crippen LogP contribution >= 0.6 is 23.2 Å². The third-order valence-electron chi connectivity index (χ3n) is 0.977. The van der Waals surface area contributed by atoms with Crippen molar-refractivity contribution in [2.24, 2.45) is 0 Å². The third kappa shape index (κ3) is 6.84. The van der Waals surface area contributed by atoms with E-state index in [9.17, 15) is 0 Å². The number of rotatable bonds is 6. The third-order valence-corrected chi connectivity index (χ3v) is 1.69. The van der Waals surface area contributed by atoms with E-state index in [0.717, 1.165) is 0 Å². The number of aliphatic hydroxyl groups is 2. The molecule has 0 rings (SSSR count). The van der Waals surface area contributed by atoms with Crippen LogP contribution in [0.5, 0.6) is 0 Å². The Balaban J connectivity index is 3.13. The van der Waals surface area contributed by atoms with Crippen molar-refractivity contribution in [3.8, 4) is 0 Å². The van der Waals surface area contributed by atoms with Crippen LogP contribution in [0.2, 0.25) is 0 Å². The predicted molar refractivity (Wildman–Crippen MR) is 44.3 cm³/mol. The fourth-order valence-corrected chi connectivity index (χ4v) is 0.607. The van der Waals surface area contributed by atoms with Crippen LogP contribution in [-0.4, -0.2) is 47.4 Å². The molecule has 0 saturated heterocycles. The Morgan fingerprint density at radius 3 is 1.64 bits per heavy atom. The van der Waals surface area contributed by atoms with Gasteiger partial charge in [0.25, 0.3) is 0 Å². The maximum atomic E-state index is 8.87. The van der Waals surface area contributed by atoms with Gasteiger partial charge in [-0.1, -0.05) is 0 Å². The summed E-state index contributed by atoms with van der Waals surface area (Å²) in [5.74, 6) is 0.272. The van der Waals surface area contributed by atoms with Crippen molar-refractivity contribution in [3.05, 3.63) is 0 Å². The lowest BCUT2D eigenvalue weighted by Crippen LogP contribution is -2.23. The van der Waals surface area contributed by atoms with Gasteiger partial charge in [0, 0.05) is 0 Å². The molecule has 0 aliphatic carbocycles. The van der Waals surface area contributed by atoms with Crippen LogP contribution in [0, 0.1) is 0 Å². The number of alkyl halides is 2. The highest BCUT2D eigenvalue weighted by Gasteiger charge is 2.04. The molecule has 0 amide bonds. The molecule has 0 spiro atoms. The Labute approximate surface area is 75.9 Å². The first kappa shape index (κ1) is 11.5. The molecule has 0 aliphatic heterocycles. The van der Waals surface area contributed by atoms with Crippen molar-refractivity contribution in [1.29, 1.82) is 0 Å². The van der Waals surface area contributed by atoms with Gasteiger partial charge in [0.15, 0.2) is 0 Å². The zero-order chi connectivity index (χ0) is 8.69. The van der Waals surface area contributed by atoms with Gasteiger partial charge in [-0.25, -0.2) is 0 Å². The molecule has 11 heavy (non-hydrogen) atoms. The summed E-state index contributed by atoms with van der Waals surface area (Å²) in [4.78, 5) is 0. The molecule has 2 N–H and O–H groups in total. The van der Waals surface area contributed by atoms with Gasteiger partial charge in [0.05, 0.1) is 37.2 Å². The van der Waals surface area contributed by atoms with Crippen LogP contribution in [0.1, 0.15) is 0 Å². The molecule has 0 aliphatic rings. The molecular formula is C6H12Cl2O3. The second-order valence-corrected chi connectivity index (χ2v) is 2.77. The van der Waals surface area contributed by atoms with E-state index in [0.29, 0.717) is 0 Å². The van der Waals surface area contributed by atoms with E-state index in [4.69, 9.17) is 38.2 Å². The van der Waals surface area contributed by atoms with Gasteiger partial charge in [-0.15, -0.1) is 23.2 Å². The van der Waals surface area contributed by atoms with Crippen LogP contribution in [0.25, 0.3) is 0 Å². The van der Waals surface area contributed by atoms with Crippen LogP contribution in [-0.2, 0) is 4.74 Å². The van der Waals surface area contributed by atoms with Gasteiger partial charge >= 0.3 is 0 Å². The summed E-state index contributed by atoms with van der Waals surface area (Å²) in [6.07, 6.45) is -1.33. The number of hydrogen-bond acceptors (Lipinski definition) is 3. The van der Waals surface area contributed by atoms with E-state index < -0.39 is 12.2 Å². The molecule has 0 aromatic heterocycles. The van der Waals surface area contributed by atoms with Gasteiger partial charge in [0.2, 0.25) is 0 Å². The molecule has 0 fully saturated rings. The summed E-state index contributed by atoms with van der Waals surface area (Å²) in [6.45, 7) is 0.273. The van der Waals surface area contributed by atoms with E-state index >= 15 is 0 Å². The van der Waals surface area contributed by atoms with E-state index in [1.54, 1.807) is 0 Å². The minimum absolute atomic E-state index is 0.136. The molecule has 2 unspecified atom stereocenters. The lowest BCUT2D eigenvalue weighted by molar-refractivity contribution is 0.00593. The summed E-state index contributed by atoms with van der Waals surface area (Å²) in [5, 5.41) is 17.7. The molecule has 0 radical (unpaired) electrons. The predicted octanol–water partition coefficient (Wildman–Crippen LogP) is 0.202. The molecule has 0 aromatic rings. The first-order valence-corrected chi connectivity index (χ1v) is 4.33. The Hall–Kier alpha value is 0.460. The normalized spacial score (nSPS) is 16.4. The van der Waals surface area contributed by atoms with Crippen molar-refractivity contribution < 1.29 is 14.9 Å². The highest BCUT2D eigenvalue weighted by Crippen LogP contribution is 1.92. The summed E-state index contributed by atoms with van der Waals surface area (Å²) in [7, 11) is 0. The van der Waals surface area contributed by atoms with Crippen LogP contribution in [0.15, 0.2) is 0 Å². The van der Waals surface area contributed by atoms with Gasteiger partial charge in [-0.2, -0.15) is 0 Å². The molecule has 0 saturated carbocycles. The number of hydrogen-bond donors (Lipinski definition) is 2. The van der Waals surface area contributed by atoms with Crippen molar-refractivity contribution in [2.45, 2.75) is 12.2 Å². The lowest BCUT2D eigenvalue weighted by atomic mass is 10.4. The molecule has 0 bridgehead atoms. The van der Waals surface area contributed by atoms with Crippen molar-refractivity contribution in [2.75, 3.05) is 25.0 Å². The molecule has 68 valence electrons. The topological polar surface area (TPSA) is 49.7 Å². The van der Waals surface area contributed by atoms with Crippen LogP contribution in [0.4, 0.5) is 0 Å². The molecular weight excluding hydrogens is 191 g/mol. The van der Waals surface area contributed by atoms with Gasteiger partial charge in [-0.3, -0.25) is 0 Å². The molecule has 0 aromatic carbocycles. The zero-order valence-corrected chi connectivity index (χ0v) is 7.55. The first-order chi connectivity index (χ1) is 5.20. The molecule has 5 heteroatoms. The van der Waals surface area contributed by atoms with Crippen LogP contribution < -0.4 is 0 Å². The fourth-order valence-electron chi connectivity index (χ4n) is 0.429. The van der Waals surface area contributed by atoms with Crippen molar-refractivity contribution in [1.82, 2.24) is 0 Å². The van der Waals surface area contributed by atoms with Gasteiger partial charge in [0.1, 0.15) is 0 Å². The van der Waals surface area contributed by atoms with E-state index in [1.165, 1.54) is 0 Å². The Kier molecular flexibility index (Phi) is 7.43. The summed E-state index contributed by atoms with van der Waals surface area (Å²) in [6, 6.07) is 0. The lowest BCUT2D eigenvalue weighted by Gasteiger charge is -2.10. The highest BCUT2D eigenvalue weighted by molar-refractivity contribution is 6.18. The van der Waals surface area contributed by atoms with Crippen LogP contribution in [0.3, 0.4) is 0 Å². The maximum Gasteiger partial charge on any atom is 0.0908 e. The van der Waals surface area contributed by atoms with Crippen molar-refractivity contribution >= 4 is 23.2 Å². The maximum absolute atomic E-state index is 8.87. The summed E-state index contributed by atoms with van der Waals surface area (Å²) >= 11 is 10.6. The SMILES string of the molecule is OC(CCl)COCC(O)CCl. The number of halogens is 2. The van der Waals surface area contributed by atoms with Gasteiger partial charge < -0.3 is 14.9 Å². The standard InChI is InChI=1S/C6H12Cl2O3/c7-1-5(9)3-11-4-6(10)2-8/h5-6,9-10H,1-4H2. The Morgan fingerprint density at radius 1 is 1.00 bits per heavy atom. The van der Waals surface area contributed by atoms with E-state index in [-0.39, 0.29) is 25.0 Å². The molecule has 0 heterocycles.